The highest BCUT2D eigenvalue weighted by atomic mass is 19.1. The Labute approximate surface area is 164 Å². The van der Waals surface area contributed by atoms with Crippen LogP contribution in [0, 0.1) is 12.7 Å². The molecule has 0 aromatic heterocycles. The molecule has 2 atom stereocenters. The summed E-state index contributed by atoms with van der Waals surface area (Å²) in [7, 11) is 1.55. The molecular formula is C21H25FN2O4. The summed E-state index contributed by atoms with van der Waals surface area (Å²) in [5, 5.41) is 2.76. The van der Waals surface area contributed by atoms with Crippen LogP contribution in [-0.4, -0.2) is 43.3 Å². The van der Waals surface area contributed by atoms with Crippen LogP contribution in [0.5, 0.6) is 17.2 Å². The molecule has 7 heteroatoms. The van der Waals surface area contributed by atoms with Gasteiger partial charge >= 0.3 is 6.03 Å². The van der Waals surface area contributed by atoms with E-state index in [1.165, 1.54) is 18.2 Å². The van der Waals surface area contributed by atoms with Crippen molar-refractivity contribution in [3.05, 3.63) is 47.8 Å². The molecule has 2 aromatic carbocycles. The van der Waals surface area contributed by atoms with E-state index in [0.717, 1.165) is 5.56 Å². The van der Waals surface area contributed by atoms with Gasteiger partial charge < -0.3 is 24.4 Å². The molecule has 0 bridgehead atoms. The molecule has 1 heterocycles. The lowest BCUT2D eigenvalue weighted by molar-refractivity contribution is -0.0530. The van der Waals surface area contributed by atoms with E-state index in [1.54, 1.807) is 18.1 Å². The molecule has 0 saturated carbocycles. The molecule has 28 heavy (non-hydrogen) atoms. The third kappa shape index (κ3) is 4.72. The van der Waals surface area contributed by atoms with E-state index >= 15 is 0 Å². The van der Waals surface area contributed by atoms with Crippen LogP contribution >= 0.6 is 0 Å². The first kappa shape index (κ1) is 19.9. The number of urea groups is 1. The van der Waals surface area contributed by atoms with Crippen molar-refractivity contribution in [1.82, 2.24) is 4.90 Å². The first-order chi connectivity index (χ1) is 13.4. The number of carbonyl (C=O) groups excluding carboxylic acids is 1. The average Bonchev–Trinajstić information content (AvgIpc) is 2.64. The van der Waals surface area contributed by atoms with Crippen LogP contribution in [0.4, 0.5) is 14.9 Å². The molecule has 0 aliphatic carbocycles. The normalized spacial score (nSPS) is 19.2. The van der Waals surface area contributed by atoms with Crippen molar-refractivity contribution in [3.63, 3.8) is 0 Å². The summed E-state index contributed by atoms with van der Waals surface area (Å²) in [6.45, 7) is 6.70. The fourth-order valence-electron chi connectivity index (χ4n) is 3.20. The molecule has 2 aromatic rings. The lowest BCUT2D eigenvalue weighted by Gasteiger charge is -2.35. The van der Waals surface area contributed by atoms with E-state index in [4.69, 9.17) is 14.2 Å². The lowest BCUT2D eigenvalue weighted by atomic mass is 10.2. The van der Waals surface area contributed by atoms with Crippen molar-refractivity contribution in [2.24, 2.45) is 0 Å². The van der Waals surface area contributed by atoms with Crippen molar-refractivity contribution in [1.29, 1.82) is 0 Å². The molecule has 150 valence electrons. The highest BCUT2D eigenvalue weighted by Crippen LogP contribution is 2.36. The summed E-state index contributed by atoms with van der Waals surface area (Å²) in [6.07, 6.45) is -0.121. The topological polar surface area (TPSA) is 60.0 Å². The maximum Gasteiger partial charge on any atom is 0.322 e. The second-order valence-corrected chi connectivity index (χ2v) is 6.99. The van der Waals surface area contributed by atoms with Gasteiger partial charge in [-0.25, -0.2) is 9.18 Å². The van der Waals surface area contributed by atoms with E-state index in [0.29, 0.717) is 30.3 Å². The fourth-order valence-corrected chi connectivity index (χ4v) is 3.20. The SMILES string of the molecule is COc1cc(C)ccc1Oc1ccc(F)cc1NC(=O)N1C[C@@H](C)O[C@@H](C)C1. The summed E-state index contributed by atoms with van der Waals surface area (Å²) in [4.78, 5) is 14.4. The van der Waals surface area contributed by atoms with Crippen molar-refractivity contribution in [2.75, 3.05) is 25.5 Å². The Morgan fingerprint density at radius 2 is 1.79 bits per heavy atom. The number of halogens is 1. The van der Waals surface area contributed by atoms with E-state index in [2.05, 4.69) is 5.32 Å². The fraction of sp³-hybridized carbons (Fsp3) is 0.381. The molecule has 1 fully saturated rings. The monoisotopic (exact) mass is 388 g/mol. The molecule has 1 aliphatic heterocycles. The van der Waals surface area contributed by atoms with Gasteiger partial charge in [-0.15, -0.1) is 0 Å². The van der Waals surface area contributed by atoms with Gasteiger partial charge in [0, 0.05) is 19.2 Å². The van der Waals surface area contributed by atoms with E-state index in [1.807, 2.05) is 32.9 Å². The van der Waals surface area contributed by atoms with Crippen molar-refractivity contribution >= 4 is 11.7 Å². The molecule has 6 nitrogen and oxygen atoms in total. The van der Waals surface area contributed by atoms with Crippen LogP contribution in [-0.2, 0) is 4.74 Å². The predicted molar refractivity (Wildman–Crippen MR) is 105 cm³/mol. The van der Waals surface area contributed by atoms with E-state index < -0.39 is 5.82 Å². The number of nitrogens with zero attached hydrogens (tertiary/aromatic N) is 1. The Balaban J connectivity index is 1.82. The number of anilines is 1. The maximum atomic E-state index is 13.8. The number of aryl methyl sites for hydroxylation is 1. The minimum atomic E-state index is -0.470. The number of methoxy groups -OCH3 is 1. The number of carbonyl (C=O) groups is 1. The van der Waals surface area contributed by atoms with Gasteiger partial charge in [-0.3, -0.25) is 0 Å². The zero-order valence-corrected chi connectivity index (χ0v) is 16.5. The molecule has 0 unspecified atom stereocenters. The van der Waals surface area contributed by atoms with Crippen LogP contribution in [0.1, 0.15) is 19.4 Å². The molecule has 1 N–H and O–H groups in total. The minimum absolute atomic E-state index is 0.0606. The zero-order valence-electron chi connectivity index (χ0n) is 16.5. The largest absolute Gasteiger partial charge is 0.493 e. The maximum absolute atomic E-state index is 13.8. The number of rotatable bonds is 4. The third-order valence-corrected chi connectivity index (χ3v) is 4.43. The number of hydrogen-bond donors (Lipinski definition) is 1. The second kappa shape index (κ2) is 8.48. The molecule has 0 spiro atoms. The molecule has 3 rings (SSSR count). The van der Waals surface area contributed by atoms with Gasteiger partial charge in [0.25, 0.3) is 0 Å². The van der Waals surface area contributed by atoms with Gasteiger partial charge in [-0.05, 0) is 50.6 Å². The van der Waals surface area contributed by atoms with Gasteiger partial charge in [0.05, 0.1) is 25.0 Å². The van der Waals surface area contributed by atoms with Crippen LogP contribution in [0.25, 0.3) is 0 Å². The number of benzene rings is 2. The standard InChI is InChI=1S/C21H25FN2O4/c1-13-5-7-19(20(9-13)26-4)28-18-8-6-16(22)10-17(18)23-21(25)24-11-14(2)27-15(3)12-24/h5-10,14-15H,11-12H2,1-4H3,(H,23,25)/t14-,15+. The molecule has 1 aliphatic rings. The van der Waals surface area contributed by atoms with Crippen LogP contribution in [0.3, 0.4) is 0 Å². The molecular weight excluding hydrogens is 363 g/mol. The summed E-state index contributed by atoms with van der Waals surface area (Å²) in [6, 6.07) is 9.17. The Bertz CT molecular complexity index is 848. The zero-order chi connectivity index (χ0) is 20.3. The summed E-state index contributed by atoms with van der Waals surface area (Å²) in [5.41, 5.74) is 1.27. The Hall–Kier alpha value is -2.80. The minimum Gasteiger partial charge on any atom is -0.493 e. The predicted octanol–water partition coefficient (Wildman–Crippen LogP) is 4.58. The Kier molecular flexibility index (Phi) is 6.04. The highest BCUT2D eigenvalue weighted by molar-refractivity contribution is 5.91. The number of nitrogens with one attached hydrogen (secondary N) is 1. The number of ether oxygens (including phenoxy) is 3. The third-order valence-electron chi connectivity index (χ3n) is 4.43. The lowest BCUT2D eigenvalue weighted by Crippen LogP contribution is -2.49. The number of hydrogen-bond acceptors (Lipinski definition) is 4. The van der Waals surface area contributed by atoms with Gasteiger partial charge in [0.15, 0.2) is 17.2 Å². The second-order valence-electron chi connectivity index (χ2n) is 6.99. The van der Waals surface area contributed by atoms with Gasteiger partial charge in [-0.2, -0.15) is 0 Å². The van der Waals surface area contributed by atoms with Crippen LogP contribution in [0.2, 0.25) is 0 Å². The summed E-state index contributed by atoms with van der Waals surface area (Å²) in [5.74, 6) is 0.884. The van der Waals surface area contributed by atoms with Gasteiger partial charge in [0.2, 0.25) is 0 Å². The highest BCUT2D eigenvalue weighted by Gasteiger charge is 2.26. The Morgan fingerprint density at radius 3 is 2.46 bits per heavy atom. The van der Waals surface area contributed by atoms with Crippen molar-refractivity contribution < 1.29 is 23.4 Å². The molecule has 2 amide bonds. The Morgan fingerprint density at radius 1 is 1.11 bits per heavy atom. The van der Waals surface area contributed by atoms with Crippen molar-refractivity contribution in [2.45, 2.75) is 33.0 Å². The first-order valence-corrected chi connectivity index (χ1v) is 9.19. The molecule has 1 saturated heterocycles. The quantitative estimate of drug-likeness (QED) is 0.833. The van der Waals surface area contributed by atoms with E-state index in [-0.39, 0.29) is 23.9 Å². The van der Waals surface area contributed by atoms with E-state index in [9.17, 15) is 9.18 Å². The number of amides is 2. The summed E-state index contributed by atoms with van der Waals surface area (Å²) < 4.78 is 30.8. The molecule has 0 radical (unpaired) electrons. The number of morpholine rings is 1. The van der Waals surface area contributed by atoms with Gasteiger partial charge in [-0.1, -0.05) is 6.07 Å². The van der Waals surface area contributed by atoms with Gasteiger partial charge in [0.1, 0.15) is 5.82 Å². The van der Waals surface area contributed by atoms with Crippen LogP contribution in [0.15, 0.2) is 36.4 Å². The smallest absolute Gasteiger partial charge is 0.322 e. The average molecular weight is 388 g/mol. The van der Waals surface area contributed by atoms with Crippen molar-refractivity contribution in [3.8, 4) is 17.2 Å². The first-order valence-electron chi connectivity index (χ1n) is 9.19. The summed E-state index contributed by atoms with van der Waals surface area (Å²) >= 11 is 0. The van der Waals surface area contributed by atoms with Crippen LogP contribution < -0.4 is 14.8 Å².